The van der Waals surface area contributed by atoms with Crippen molar-refractivity contribution in [2.75, 3.05) is 13.2 Å². The van der Waals surface area contributed by atoms with E-state index in [9.17, 15) is 22.8 Å². The zero-order chi connectivity index (χ0) is 17.2. The number of halogens is 3. The van der Waals surface area contributed by atoms with E-state index >= 15 is 0 Å². The molecule has 1 aliphatic heterocycles. The fourth-order valence-corrected chi connectivity index (χ4v) is 2.28. The third-order valence-corrected chi connectivity index (χ3v) is 3.60. The van der Waals surface area contributed by atoms with E-state index in [1.807, 2.05) is 0 Å². The molecule has 23 heavy (non-hydrogen) atoms. The van der Waals surface area contributed by atoms with Gasteiger partial charge in [0.1, 0.15) is 6.61 Å². The van der Waals surface area contributed by atoms with Gasteiger partial charge in [-0.25, -0.2) is 4.68 Å². The van der Waals surface area contributed by atoms with Crippen molar-refractivity contribution in [3.8, 4) is 5.88 Å². The van der Waals surface area contributed by atoms with Crippen molar-refractivity contribution in [3.05, 3.63) is 11.8 Å². The molecule has 0 aromatic carbocycles. The maximum absolute atomic E-state index is 12.5. The molecule has 1 amide bonds. The van der Waals surface area contributed by atoms with E-state index in [4.69, 9.17) is 10.5 Å². The molecule has 0 radical (unpaired) electrons. The van der Waals surface area contributed by atoms with Crippen molar-refractivity contribution in [1.82, 2.24) is 15.1 Å². The summed E-state index contributed by atoms with van der Waals surface area (Å²) >= 11 is 0. The first-order valence-corrected chi connectivity index (χ1v) is 6.98. The van der Waals surface area contributed by atoms with Crippen molar-refractivity contribution in [2.24, 2.45) is 18.7 Å². The molecule has 1 fully saturated rings. The van der Waals surface area contributed by atoms with Crippen LogP contribution in [0.15, 0.2) is 6.07 Å². The highest BCUT2D eigenvalue weighted by molar-refractivity contribution is 5.87. The molecule has 0 spiro atoms. The highest BCUT2D eigenvalue weighted by atomic mass is 19.4. The number of nitrogens with two attached hydrogens (primary N) is 1. The summed E-state index contributed by atoms with van der Waals surface area (Å²) in [5, 5.41) is 5.91. The van der Waals surface area contributed by atoms with Gasteiger partial charge in [-0.2, -0.15) is 18.3 Å². The van der Waals surface area contributed by atoms with Gasteiger partial charge in [0.05, 0.1) is 6.04 Å². The number of carbonyl (C=O) groups excluding carboxylic acids is 2. The number of ether oxygens (including phenoxy) is 1. The van der Waals surface area contributed by atoms with Crippen molar-refractivity contribution in [3.63, 3.8) is 0 Å². The van der Waals surface area contributed by atoms with Gasteiger partial charge in [-0.05, 0) is 12.8 Å². The molecule has 128 valence electrons. The second-order valence-electron chi connectivity index (χ2n) is 5.36. The zero-order valence-electron chi connectivity index (χ0n) is 12.4. The van der Waals surface area contributed by atoms with Crippen LogP contribution in [0.1, 0.15) is 18.5 Å². The summed E-state index contributed by atoms with van der Waals surface area (Å²) in [5.74, 6) is -1.13. The Hall–Kier alpha value is -2.10. The number of nitrogens with zero attached hydrogens (tertiary/aromatic N) is 2. The topological polar surface area (TPSA) is 99.2 Å². The average Bonchev–Trinajstić information content (AvgIpc) is 3.02. The van der Waals surface area contributed by atoms with Crippen molar-refractivity contribution < 1.29 is 27.5 Å². The van der Waals surface area contributed by atoms with Gasteiger partial charge in [-0.15, -0.1) is 0 Å². The zero-order valence-corrected chi connectivity index (χ0v) is 12.4. The number of hydrogen-bond donors (Lipinski definition) is 2. The minimum absolute atomic E-state index is 0.143. The van der Waals surface area contributed by atoms with Gasteiger partial charge in [0.25, 0.3) is 0 Å². The van der Waals surface area contributed by atoms with Gasteiger partial charge in [-0.1, -0.05) is 0 Å². The molecule has 7 nitrogen and oxygen atoms in total. The molecule has 2 rings (SSSR count). The lowest BCUT2D eigenvalue weighted by Crippen LogP contribution is -2.37. The van der Waals surface area contributed by atoms with Crippen LogP contribution in [0.25, 0.3) is 0 Å². The quantitative estimate of drug-likeness (QED) is 0.776. The fourth-order valence-electron chi connectivity index (χ4n) is 2.28. The lowest BCUT2D eigenvalue weighted by molar-refractivity contribution is -0.141. The fraction of sp³-hybridized carbons (Fsp3) is 0.615. The smallest absolute Gasteiger partial charge is 0.435 e. The van der Waals surface area contributed by atoms with Crippen LogP contribution in [0.2, 0.25) is 0 Å². The Morgan fingerprint density at radius 2 is 2.30 bits per heavy atom. The molecule has 3 N–H and O–H groups in total. The maximum Gasteiger partial charge on any atom is 0.435 e. The maximum atomic E-state index is 12.5. The third kappa shape index (κ3) is 4.21. The van der Waals surface area contributed by atoms with Crippen molar-refractivity contribution in [2.45, 2.75) is 25.1 Å². The highest BCUT2D eigenvalue weighted by Gasteiger charge is 2.35. The van der Waals surface area contributed by atoms with E-state index in [0.29, 0.717) is 19.0 Å². The first-order valence-electron chi connectivity index (χ1n) is 6.98. The Labute approximate surface area is 130 Å². The number of aryl methyl sites for hydroxylation is 1. The van der Waals surface area contributed by atoms with Gasteiger partial charge in [0.2, 0.25) is 11.8 Å². The number of alkyl halides is 3. The third-order valence-electron chi connectivity index (χ3n) is 3.60. The minimum atomic E-state index is -4.59. The van der Waals surface area contributed by atoms with E-state index in [0.717, 1.165) is 4.68 Å². The number of hydrogen-bond acceptors (Lipinski definition) is 5. The second kappa shape index (κ2) is 6.57. The molecule has 2 heterocycles. The molecular weight excluding hydrogens is 317 g/mol. The van der Waals surface area contributed by atoms with Crippen LogP contribution in [0.5, 0.6) is 5.88 Å². The summed E-state index contributed by atoms with van der Waals surface area (Å²) in [6, 6.07) is -0.192. The summed E-state index contributed by atoms with van der Waals surface area (Å²) < 4.78 is 43.5. The second-order valence-corrected chi connectivity index (χ2v) is 5.36. The molecule has 1 aromatic rings. The summed E-state index contributed by atoms with van der Waals surface area (Å²) in [6.07, 6.45) is -3.79. The minimum Gasteiger partial charge on any atom is -0.470 e. The Kier molecular flexibility index (Phi) is 4.93. The van der Waals surface area contributed by atoms with E-state index in [2.05, 4.69) is 10.4 Å². The number of amides is 1. The summed E-state index contributed by atoms with van der Waals surface area (Å²) in [7, 11) is 1.28. The predicted octanol–water partition coefficient (Wildman–Crippen LogP) is 0.240. The SMILES string of the molecule is Cn1nc(C(F)(F)F)cc1OCC(=O)[C@@H](N)C[C@@H]1CCNC1=O. The van der Waals surface area contributed by atoms with Gasteiger partial charge in [0.15, 0.2) is 11.5 Å². The Balaban J connectivity index is 1.89. The first-order chi connectivity index (χ1) is 10.7. The summed E-state index contributed by atoms with van der Waals surface area (Å²) in [5.41, 5.74) is 4.62. The molecule has 1 aromatic heterocycles. The molecule has 1 aliphatic rings. The Morgan fingerprint density at radius 3 is 2.83 bits per heavy atom. The molecule has 0 aliphatic carbocycles. The monoisotopic (exact) mass is 334 g/mol. The molecule has 0 unspecified atom stereocenters. The van der Waals surface area contributed by atoms with Gasteiger partial charge in [0, 0.05) is 25.6 Å². The molecule has 1 saturated heterocycles. The van der Waals surface area contributed by atoms with E-state index in [-0.39, 0.29) is 24.1 Å². The van der Waals surface area contributed by atoms with Crippen LogP contribution in [-0.4, -0.2) is 40.7 Å². The number of nitrogens with one attached hydrogen (secondary N) is 1. The Morgan fingerprint density at radius 1 is 1.61 bits per heavy atom. The largest absolute Gasteiger partial charge is 0.470 e. The van der Waals surface area contributed by atoms with Crippen LogP contribution in [0, 0.1) is 5.92 Å². The van der Waals surface area contributed by atoms with Gasteiger partial charge in [-0.3, -0.25) is 9.59 Å². The van der Waals surface area contributed by atoms with Crippen LogP contribution in [-0.2, 0) is 22.8 Å². The van der Waals surface area contributed by atoms with Crippen LogP contribution in [0.3, 0.4) is 0 Å². The predicted molar refractivity (Wildman–Crippen MR) is 72.4 cm³/mol. The number of rotatable bonds is 6. The van der Waals surface area contributed by atoms with Crippen LogP contribution < -0.4 is 15.8 Å². The van der Waals surface area contributed by atoms with Crippen molar-refractivity contribution in [1.29, 1.82) is 0 Å². The van der Waals surface area contributed by atoms with E-state index in [1.54, 1.807) is 0 Å². The van der Waals surface area contributed by atoms with Gasteiger partial charge >= 0.3 is 6.18 Å². The summed E-state index contributed by atoms with van der Waals surface area (Å²) in [6.45, 7) is 0.0719. The molecule has 0 saturated carbocycles. The van der Waals surface area contributed by atoms with E-state index in [1.165, 1.54) is 7.05 Å². The number of aromatic nitrogens is 2. The van der Waals surface area contributed by atoms with Crippen LogP contribution >= 0.6 is 0 Å². The molecule has 0 bridgehead atoms. The number of Topliss-reactive ketones (excluding diaryl/α,β-unsaturated/α-hetero) is 1. The van der Waals surface area contributed by atoms with Crippen LogP contribution in [0.4, 0.5) is 13.2 Å². The lowest BCUT2D eigenvalue weighted by atomic mass is 9.97. The first kappa shape index (κ1) is 17.3. The van der Waals surface area contributed by atoms with E-state index < -0.39 is 30.3 Å². The lowest BCUT2D eigenvalue weighted by Gasteiger charge is -2.14. The highest BCUT2D eigenvalue weighted by Crippen LogP contribution is 2.30. The Bertz CT molecular complexity index is 600. The molecule has 10 heteroatoms. The number of ketones is 1. The normalized spacial score (nSPS) is 19.5. The molecular formula is C13H17F3N4O3. The standard InChI is InChI=1S/C13H17F3N4O3/c1-20-11(5-10(19-20)13(14,15)16)23-6-9(21)8(17)4-7-2-3-18-12(7)22/h5,7-8H,2-4,6,17H2,1H3,(H,18,22)/t7-,8-/m0/s1. The molecule has 2 atom stereocenters. The summed E-state index contributed by atoms with van der Waals surface area (Å²) in [4.78, 5) is 23.3. The van der Waals surface area contributed by atoms with Gasteiger partial charge < -0.3 is 15.8 Å². The van der Waals surface area contributed by atoms with Crippen molar-refractivity contribution >= 4 is 11.7 Å². The number of carbonyl (C=O) groups is 2. The average molecular weight is 334 g/mol.